The Hall–Kier alpha value is -0.770. The van der Waals surface area contributed by atoms with Gasteiger partial charge in [-0.2, -0.15) is 0 Å². The van der Waals surface area contributed by atoms with E-state index in [9.17, 15) is 0 Å². The lowest BCUT2D eigenvalue weighted by Gasteiger charge is -2.01. The molecule has 0 amide bonds. The number of benzene rings is 2. The molecule has 0 saturated carbocycles. The maximum atomic E-state index is 5.20. The summed E-state index contributed by atoms with van der Waals surface area (Å²) in [6.45, 7) is 0. The summed E-state index contributed by atoms with van der Waals surface area (Å²) < 4.78 is 5.20. The third-order valence-corrected chi connectivity index (χ3v) is 2.31. The van der Waals surface area contributed by atoms with Crippen molar-refractivity contribution in [2.75, 3.05) is 0 Å². The van der Waals surface area contributed by atoms with Crippen molar-refractivity contribution in [2.45, 2.75) is 0 Å². The Morgan fingerprint density at radius 1 is 0.917 bits per heavy atom. The van der Waals surface area contributed by atoms with E-state index in [-0.39, 0.29) is 0 Å². The number of rotatable bonds is 1. The van der Waals surface area contributed by atoms with E-state index in [1.54, 1.807) is 0 Å². The molecule has 0 saturated heterocycles. The second kappa shape index (κ2) is 3.31. The van der Waals surface area contributed by atoms with Gasteiger partial charge in [0.15, 0.2) is 23.0 Å². The molecule has 0 unspecified atom stereocenters. The first-order valence-corrected chi connectivity index (χ1v) is 4.56. The summed E-state index contributed by atoms with van der Waals surface area (Å²) in [6.07, 6.45) is 0. The highest BCUT2D eigenvalue weighted by atomic mass is 127. The van der Waals surface area contributed by atoms with Gasteiger partial charge in [0.05, 0.1) is 0 Å². The van der Waals surface area contributed by atoms with Crippen LogP contribution in [0.3, 0.4) is 0 Å². The van der Waals surface area contributed by atoms with Gasteiger partial charge >= 0.3 is 0 Å². The molecule has 0 aliphatic rings. The molecule has 0 spiro atoms. The van der Waals surface area contributed by atoms with Gasteiger partial charge in [-0.3, -0.25) is 0 Å². The van der Waals surface area contributed by atoms with Crippen LogP contribution < -0.4 is 3.07 Å². The predicted molar refractivity (Wildman–Crippen MR) is 58.6 cm³/mol. The average Bonchev–Trinajstić information content (AvgIpc) is 2.17. The van der Waals surface area contributed by atoms with Crippen molar-refractivity contribution in [1.29, 1.82) is 0 Å². The van der Waals surface area contributed by atoms with Crippen molar-refractivity contribution in [3.05, 3.63) is 42.5 Å². The molecule has 0 atom stereocenters. The fraction of sp³-hybridized carbons (Fsp3) is 0. The Morgan fingerprint density at radius 3 is 2.50 bits per heavy atom. The van der Waals surface area contributed by atoms with Crippen molar-refractivity contribution in [3.63, 3.8) is 0 Å². The van der Waals surface area contributed by atoms with Gasteiger partial charge < -0.3 is 3.07 Å². The predicted octanol–water partition coefficient (Wildman–Crippen LogP) is 3.57. The molecule has 0 heterocycles. The zero-order valence-corrected chi connectivity index (χ0v) is 8.49. The van der Waals surface area contributed by atoms with E-state index in [0.29, 0.717) is 0 Å². The van der Waals surface area contributed by atoms with E-state index < -0.39 is 0 Å². The van der Waals surface area contributed by atoms with Gasteiger partial charge in [-0.15, -0.1) is 0 Å². The van der Waals surface area contributed by atoms with Crippen molar-refractivity contribution < 1.29 is 3.07 Å². The number of halogens is 1. The molecule has 12 heavy (non-hydrogen) atoms. The molecule has 0 bridgehead atoms. The van der Waals surface area contributed by atoms with Crippen LogP contribution in [0.25, 0.3) is 10.8 Å². The molecule has 2 aromatic rings. The monoisotopic (exact) mass is 270 g/mol. The van der Waals surface area contributed by atoms with Crippen molar-refractivity contribution in [2.24, 2.45) is 0 Å². The van der Waals surface area contributed by atoms with Gasteiger partial charge in [-0.1, -0.05) is 36.4 Å². The average molecular weight is 270 g/mol. The summed E-state index contributed by atoms with van der Waals surface area (Å²) in [4.78, 5) is 0. The van der Waals surface area contributed by atoms with E-state index in [4.69, 9.17) is 3.07 Å². The third-order valence-electron chi connectivity index (χ3n) is 1.83. The van der Waals surface area contributed by atoms with Crippen molar-refractivity contribution >= 4 is 33.8 Å². The molecule has 0 radical (unpaired) electrons. The smallest absolute Gasteiger partial charge is 0.192 e. The Labute approximate surface area is 85.0 Å². The molecule has 2 rings (SSSR count). The third kappa shape index (κ3) is 1.27. The van der Waals surface area contributed by atoms with Crippen molar-refractivity contribution in [3.8, 4) is 5.75 Å². The summed E-state index contributed by atoms with van der Waals surface area (Å²) in [6, 6.07) is 14.2. The standard InChI is InChI=1S/C10H7IO/c11-12-10-7-3-5-8-4-1-2-6-9(8)10/h1-7H. The summed E-state index contributed by atoms with van der Waals surface area (Å²) in [5, 5.41) is 2.38. The Bertz CT molecular complexity index is 392. The van der Waals surface area contributed by atoms with E-state index >= 15 is 0 Å². The van der Waals surface area contributed by atoms with Gasteiger partial charge in [0, 0.05) is 5.39 Å². The maximum absolute atomic E-state index is 5.20. The second-order valence-corrected chi connectivity index (χ2v) is 2.99. The van der Waals surface area contributed by atoms with Crippen LogP contribution in [0.1, 0.15) is 0 Å². The largest absolute Gasteiger partial charge is 0.427 e. The number of fused-ring (bicyclic) bond motifs is 1. The molecule has 60 valence electrons. The fourth-order valence-corrected chi connectivity index (χ4v) is 1.65. The maximum Gasteiger partial charge on any atom is 0.192 e. The van der Waals surface area contributed by atoms with Gasteiger partial charge in [-0.05, 0) is 11.5 Å². The van der Waals surface area contributed by atoms with E-state index in [1.807, 2.05) is 47.3 Å². The lowest BCUT2D eigenvalue weighted by Crippen LogP contribution is -1.76. The molecule has 2 heteroatoms. The lowest BCUT2D eigenvalue weighted by atomic mass is 10.1. The zero-order chi connectivity index (χ0) is 8.39. The molecule has 0 aliphatic heterocycles. The van der Waals surface area contributed by atoms with Crippen LogP contribution in [0.4, 0.5) is 0 Å². The first-order chi connectivity index (χ1) is 5.92. The van der Waals surface area contributed by atoms with E-state index in [0.717, 1.165) is 11.1 Å². The van der Waals surface area contributed by atoms with Crippen LogP contribution in [0.5, 0.6) is 5.75 Å². The van der Waals surface area contributed by atoms with Crippen LogP contribution in [0, 0.1) is 0 Å². The minimum Gasteiger partial charge on any atom is -0.427 e. The Balaban J connectivity index is 2.79. The van der Waals surface area contributed by atoms with Gasteiger partial charge in [0.1, 0.15) is 5.75 Å². The van der Waals surface area contributed by atoms with Gasteiger partial charge in [0.25, 0.3) is 0 Å². The fourth-order valence-electron chi connectivity index (χ4n) is 1.26. The molecule has 0 fully saturated rings. The topological polar surface area (TPSA) is 9.23 Å². The first-order valence-electron chi connectivity index (χ1n) is 3.68. The summed E-state index contributed by atoms with van der Waals surface area (Å²) in [7, 11) is 0. The van der Waals surface area contributed by atoms with E-state index in [2.05, 4.69) is 18.2 Å². The SMILES string of the molecule is IOc1cccc2ccccc12. The molecular formula is C10H7IO. The van der Waals surface area contributed by atoms with Crippen LogP contribution in [0.15, 0.2) is 42.5 Å². The Kier molecular flexibility index (Phi) is 2.17. The molecule has 2 aromatic carbocycles. The molecule has 1 nitrogen and oxygen atoms in total. The van der Waals surface area contributed by atoms with E-state index in [1.165, 1.54) is 5.39 Å². The normalized spacial score (nSPS) is 10.1. The van der Waals surface area contributed by atoms with Crippen LogP contribution in [0.2, 0.25) is 0 Å². The highest BCUT2D eigenvalue weighted by Crippen LogP contribution is 2.26. The molecule has 0 aliphatic carbocycles. The van der Waals surface area contributed by atoms with Crippen LogP contribution >= 0.6 is 23.0 Å². The summed E-state index contributed by atoms with van der Waals surface area (Å²) in [5.74, 6) is 0.925. The zero-order valence-electron chi connectivity index (χ0n) is 6.33. The van der Waals surface area contributed by atoms with Crippen molar-refractivity contribution in [1.82, 2.24) is 0 Å². The highest BCUT2D eigenvalue weighted by Gasteiger charge is 1.97. The highest BCUT2D eigenvalue weighted by molar-refractivity contribution is 14.1. The molecule has 0 aromatic heterocycles. The van der Waals surface area contributed by atoms with Crippen LogP contribution in [-0.2, 0) is 0 Å². The van der Waals surface area contributed by atoms with Gasteiger partial charge in [-0.25, -0.2) is 0 Å². The number of hydrogen-bond acceptors (Lipinski definition) is 1. The van der Waals surface area contributed by atoms with Gasteiger partial charge in [0.2, 0.25) is 0 Å². The number of hydrogen-bond donors (Lipinski definition) is 0. The second-order valence-electron chi connectivity index (χ2n) is 2.55. The minimum absolute atomic E-state index is 0.925. The summed E-state index contributed by atoms with van der Waals surface area (Å²) in [5.41, 5.74) is 0. The quantitative estimate of drug-likeness (QED) is 0.720. The first kappa shape index (κ1) is 7.86. The minimum atomic E-state index is 0.925. The molecular weight excluding hydrogens is 263 g/mol. The summed E-state index contributed by atoms with van der Waals surface area (Å²) >= 11 is 1.90. The Morgan fingerprint density at radius 2 is 1.67 bits per heavy atom. The molecule has 0 N–H and O–H groups in total. The lowest BCUT2D eigenvalue weighted by molar-refractivity contribution is 0.726. The van der Waals surface area contributed by atoms with Crippen LogP contribution in [-0.4, -0.2) is 0 Å².